The van der Waals surface area contributed by atoms with Crippen LogP contribution in [0.3, 0.4) is 0 Å². The molecule has 2 unspecified atom stereocenters. The third kappa shape index (κ3) is 1.47. The fourth-order valence-corrected chi connectivity index (χ4v) is 3.94. The molecule has 3 nitrogen and oxygen atoms in total. The van der Waals surface area contributed by atoms with E-state index in [1.807, 2.05) is 6.08 Å². The number of hydrogen-bond donors (Lipinski definition) is 1. The van der Waals surface area contributed by atoms with Gasteiger partial charge in [-0.05, 0) is 30.8 Å². The minimum absolute atomic E-state index is 0.263. The number of hydrogen-bond acceptors (Lipinski definition) is 2. The highest BCUT2D eigenvalue weighted by molar-refractivity contribution is 7.90. The van der Waals surface area contributed by atoms with Gasteiger partial charge >= 0.3 is 0 Å². The van der Waals surface area contributed by atoms with Crippen LogP contribution in [0.4, 0.5) is 0 Å². The number of rotatable bonds is 2. The molecule has 1 heterocycles. The molecule has 0 amide bonds. The average Bonchev–Trinajstić information content (AvgIpc) is 2.45. The molecule has 2 rings (SSSR count). The first kappa shape index (κ1) is 9.77. The van der Waals surface area contributed by atoms with E-state index in [0.717, 1.165) is 31.3 Å². The molecular formula is C10H15NO2S. The zero-order valence-corrected chi connectivity index (χ0v) is 8.89. The Balaban J connectivity index is 2.24. The van der Waals surface area contributed by atoms with Gasteiger partial charge < -0.3 is 0 Å². The molecule has 1 aliphatic carbocycles. The van der Waals surface area contributed by atoms with Crippen molar-refractivity contribution in [2.75, 3.05) is 0 Å². The summed E-state index contributed by atoms with van der Waals surface area (Å²) < 4.78 is 25.6. The molecule has 0 aromatic carbocycles. The van der Waals surface area contributed by atoms with Crippen LogP contribution in [0, 0.1) is 5.92 Å². The fourth-order valence-electron chi connectivity index (χ4n) is 2.38. The van der Waals surface area contributed by atoms with E-state index in [0.29, 0.717) is 5.92 Å². The molecule has 0 aromatic heterocycles. The van der Waals surface area contributed by atoms with Crippen LogP contribution >= 0.6 is 0 Å². The highest BCUT2D eigenvalue weighted by Crippen LogP contribution is 2.37. The predicted molar refractivity (Wildman–Crippen MR) is 56.1 cm³/mol. The first-order valence-electron chi connectivity index (χ1n) is 4.97. The molecule has 4 heteroatoms. The zero-order chi connectivity index (χ0) is 10.2. The van der Waals surface area contributed by atoms with Crippen LogP contribution in [0.2, 0.25) is 0 Å². The van der Waals surface area contributed by atoms with Gasteiger partial charge in [0.2, 0.25) is 10.0 Å². The quantitative estimate of drug-likeness (QED) is 0.707. The Morgan fingerprint density at radius 3 is 3.07 bits per heavy atom. The summed E-state index contributed by atoms with van der Waals surface area (Å²) in [5.41, 5.74) is 1.07. The van der Waals surface area contributed by atoms with Crippen molar-refractivity contribution in [3.63, 3.8) is 0 Å². The minimum atomic E-state index is -3.08. The summed E-state index contributed by atoms with van der Waals surface area (Å²) in [6.45, 7) is 3.71. The zero-order valence-electron chi connectivity index (χ0n) is 8.07. The number of sulfonamides is 1. The molecule has 0 spiro atoms. The van der Waals surface area contributed by atoms with Crippen molar-refractivity contribution in [1.29, 1.82) is 0 Å². The van der Waals surface area contributed by atoms with Crippen LogP contribution in [0.15, 0.2) is 24.4 Å². The van der Waals surface area contributed by atoms with E-state index in [4.69, 9.17) is 0 Å². The van der Waals surface area contributed by atoms with Crippen molar-refractivity contribution in [1.82, 2.24) is 4.72 Å². The topological polar surface area (TPSA) is 46.2 Å². The molecule has 1 fully saturated rings. The first-order chi connectivity index (χ1) is 6.65. The smallest absolute Gasteiger partial charge is 0.239 e. The van der Waals surface area contributed by atoms with Gasteiger partial charge in [-0.3, -0.25) is 4.72 Å². The van der Waals surface area contributed by atoms with Crippen molar-refractivity contribution in [3.8, 4) is 0 Å². The Labute approximate surface area is 84.9 Å². The van der Waals surface area contributed by atoms with Crippen molar-refractivity contribution in [3.05, 3.63) is 24.4 Å². The Morgan fingerprint density at radius 2 is 2.36 bits per heavy atom. The van der Waals surface area contributed by atoms with Crippen LogP contribution in [-0.4, -0.2) is 13.7 Å². The van der Waals surface area contributed by atoms with Crippen molar-refractivity contribution >= 4 is 10.0 Å². The van der Waals surface area contributed by atoms with E-state index >= 15 is 0 Å². The molecule has 0 saturated heterocycles. The standard InChI is InChI=1S/C10H15NO2S/c1-2-4-8-5-3-6-10-9(8)7-11-14(10,12)13/h2,7-8,10-11H,1,3-6H2. The van der Waals surface area contributed by atoms with Gasteiger partial charge in [-0.2, -0.15) is 0 Å². The number of allylic oxidation sites excluding steroid dienone is 1. The summed E-state index contributed by atoms with van der Waals surface area (Å²) in [5, 5.41) is -0.263. The second-order valence-corrected chi connectivity index (χ2v) is 5.84. The van der Waals surface area contributed by atoms with Gasteiger partial charge in [0, 0.05) is 6.20 Å². The van der Waals surface area contributed by atoms with Crippen LogP contribution in [-0.2, 0) is 10.0 Å². The molecule has 1 N–H and O–H groups in total. The van der Waals surface area contributed by atoms with Crippen molar-refractivity contribution in [2.24, 2.45) is 5.92 Å². The second kappa shape index (κ2) is 3.42. The highest BCUT2D eigenvalue weighted by Gasteiger charge is 2.39. The SMILES string of the molecule is C=CCC1CCCC2C1=CNS2(=O)=O. The third-order valence-corrected chi connectivity index (χ3v) is 4.78. The Hall–Kier alpha value is -0.770. The summed E-state index contributed by atoms with van der Waals surface area (Å²) in [5.74, 6) is 0.385. The largest absolute Gasteiger partial charge is 0.290 e. The minimum Gasteiger partial charge on any atom is -0.290 e. The average molecular weight is 213 g/mol. The van der Waals surface area contributed by atoms with Crippen molar-refractivity contribution in [2.45, 2.75) is 30.9 Å². The molecule has 0 bridgehead atoms. The summed E-state index contributed by atoms with van der Waals surface area (Å²) in [4.78, 5) is 0. The lowest BCUT2D eigenvalue weighted by Crippen LogP contribution is -2.30. The number of nitrogens with one attached hydrogen (secondary N) is 1. The number of fused-ring (bicyclic) bond motifs is 1. The molecular weight excluding hydrogens is 198 g/mol. The molecule has 1 saturated carbocycles. The fraction of sp³-hybridized carbons (Fsp3) is 0.600. The normalized spacial score (nSPS) is 34.1. The molecule has 78 valence electrons. The lowest BCUT2D eigenvalue weighted by Gasteiger charge is -2.26. The molecule has 1 aliphatic heterocycles. The van der Waals surface area contributed by atoms with Gasteiger partial charge in [0.15, 0.2) is 0 Å². The van der Waals surface area contributed by atoms with Gasteiger partial charge in [0.25, 0.3) is 0 Å². The molecule has 2 aliphatic rings. The third-order valence-electron chi connectivity index (χ3n) is 3.08. The van der Waals surface area contributed by atoms with Gasteiger partial charge in [-0.1, -0.05) is 12.5 Å². The van der Waals surface area contributed by atoms with Crippen molar-refractivity contribution < 1.29 is 8.42 Å². The van der Waals surface area contributed by atoms with Gasteiger partial charge in [-0.25, -0.2) is 8.42 Å². The second-order valence-electron chi connectivity index (χ2n) is 3.95. The van der Waals surface area contributed by atoms with E-state index in [1.165, 1.54) is 0 Å². The summed E-state index contributed by atoms with van der Waals surface area (Å²) in [7, 11) is -3.08. The van der Waals surface area contributed by atoms with E-state index in [9.17, 15) is 8.42 Å². The lowest BCUT2D eigenvalue weighted by molar-refractivity contribution is 0.455. The summed E-state index contributed by atoms with van der Waals surface area (Å²) in [6, 6.07) is 0. The van der Waals surface area contributed by atoms with E-state index in [1.54, 1.807) is 6.20 Å². The lowest BCUT2D eigenvalue weighted by atomic mass is 9.82. The highest BCUT2D eigenvalue weighted by atomic mass is 32.2. The van der Waals surface area contributed by atoms with Gasteiger partial charge in [-0.15, -0.1) is 6.58 Å². The molecule has 0 radical (unpaired) electrons. The van der Waals surface area contributed by atoms with Crippen LogP contribution in [0.5, 0.6) is 0 Å². The molecule has 14 heavy (non-hydrogen) atoms. The van der Waals surface area contributed by atoms with E-state index < -0.39 is 10.0 Å². The van der Waals surface area contributed by atoms with E-state index in [2.05, 4.69) is 11.3 Å². The summed E-state index contributed by atoms with van der Waals surface area (Å²) in [6.07, 6.45) is 7.31. The van der Waals surface area contributed by atoms with Crippen LogP contribution in [0.25, 0.3) is 0 Å². The predicted octanol–water partition coefficient (Wildman–Crippen LogP) is 1.55. The summed E-state index contributed by atoms with van der Waals surface area (Å²) >= 11 is 0. The molecule has 0 aromatic rings. The first-order valence-corrected chi connectivity index (χ1v) is 6.52. The monoisotopic (exact) mass is 213 g/mol. The van der Waals surface area contributed by atoms with Crippen LogP contribution < -0.4 is 4.72 Å². The maximum Gasteiger partial charge on any atom is 0.239 e. The maximum atomic E-state index is 11.6. The Bertz CT molecular complexity index is 370. The Kier molecular flexibility index (Phi) is 2.39. The van der Waals surface area contributed by atoms with Gasteiger partial charge in [0.05, 0.1) is 0 Å². The maximum absolute atomic E-state index is 11.6. The van der Waals surface area contributed by atoms with Crippen LogP contribution in [0.1, 0.15) is 25.7 Å². The van der Waals surface area contributed by atoms with E-state index in [-0.39, 0.29) is 5.25 Å². The Morgan fingerprint density at radius 1 is 1.57 bits per heavy atom. The molecule has 2 atom stereocenters. The van der Waals surface area contributed by atoms with Gasteiger partial charge in [0.1, 0.15) is 5.25 Å².